The monoisotopic (exact) mass is 366 g/mol. The molecule has 3 heteroatoms. The second-order valence-corrected chi connectivity index (χ2v) is 6.84. The summed E-state index contributed by atoms with van der Waals surface area (Å²) in [7, 11) is 1.67. The van der Waals surface area contributed by atoms with Crippen molar-refractivity contribution < 1.29 is 14.3 Å². The maximum atomic E-state index is 12.8. The Morgan fingerprint density at radius 3 is 2.18 bits per heavy atom. The number of hydrogen-bond acceptors (Lipinski definition) is 3. The van der Waals surface area contributed by atoms with Gasteiger partial charge in [-0.2, -0.15) is 0 Å². The predicted molar refractivity (Wildman–Crippen MR) is 109 cm³/mol. The Morgan fingerprint density at radius 2 is 1.39 bits per heavy atom. The van der Waals surface area contributed by atoms with E-state index in [4.69, 9.17) is 9.47 Å². The van der Waals surface area contributed by atoms with E-state index in [2.05, 4.69) is 0 Å². The molecule has 1 atom stereocenters. The fourth-order valence-electron chi connectivity index (χ4n) is 4.22. The third-order valence-corrected chi connectivity index (χ3v) is 5.44. The molecule has 0 saturated carbocycles. The van der Waals surface area contributed by atoms with Gasteiger partial charge in [-0.3, -0.25) is 0 Å². The number of ether oxygens (including phenoxy) is 2. The summed E-state index contributed by atoms with van der Waals surface area (Å²) in [4.78, 5) is 12.8. The first-order valence-electron chi connectivity index (χ1n) is 9.20. The number of benzene rings is 4. The lowest BCUT2D eigenvalue weighted by molar-refractivity contribution is 0.0256. The highest BCUT2D eigenvalue weighted by Crippen LogP contribution is 2.49. The van der Waals surface area contributed by atoms with Crippen LogP contribution >= 0.6 is 0 Å². The first-order chi connectivity index (χ1) is 13.8. The molecule has 0 fully saturated rings. The molecule has 0 saturated heterocycles. The first kappa shape index (κ1) is 16.6. The molecule has 3 nitrogen and oxygen atoms in total. The second-order valence-electron chi connectivity index (χ2n) is 6.84. The zero-order chi connectivity index (χ0) is 19.1. The van der Waals surface area contributed by atoms with Crippen molar-refractivity contribution in [1.29, 1.82) is 0 Å². The van der Waals surface area contributed by atoms with Gasteiger partial charge in [-0.1, -0.05) is 72.8 Å². The number of hydrogen-bond donors (Lipinski definition) is 0. The van der Waals surface area contributed by atoms with E-state index in [1.54, 1.807) is 7.11 Å². The fraction of sp³-hybridized carbons (Fsp3) is 0.0800. The van der Waals surface area contributed by atoms with E-state index in [9.17, 15) is 4.79 Å². The molecular weight excluding hydrogens is 348 g/mol. The van der Waals surface area contributed by atoms with Crippen LogP contribution in [0.4, 0.5) is 0 Å². The quantitative estimate of drug-likeness (QED) is 0.461. The molecule has 136 valence electrons. The maximum Gasteiger partial charge on any atom is 0.340 e. The average Bonchev–Trinajstić information content (AvgIpc) is 3.07. The maximum absolute atomic E-state index is 12.8. The van der Waals surface area contributed by atoms with Crippen LogP contribution in [-0.4, -0.2) is 13.1 Å². The van der Waals surface area contributed by atoms with Crippen molar-refractivity contribution in [2.24, 2.45) is 0 Å². The second kappa shape index (κ2) is 6.24. The molecule has 1 heterocycles. The van der Waals surface area contributed by atoms with Gasteiger partial charge in [-0.05, 0) is 23.6 Å². The molecule has 0 aliphatic carbocycles. The lowest BCUT2D eigenvalue weighted by Gasteiger charge is -2.31. The van der Waals surface area contributed by atoms with Gasteiger partial charge in [-0.25, -0.2) is 4.79 Å². The van der Waals surface area contributed by atoms with Crippen LogP contribution in [0.2, 0.25) is 0 Å². The Labute approximate surface area is 163 Å². The van der Waals surface area contributed by atoms with E-state index >= 15 is 0 Å². The van der Waals surface area contributed by atoms with Gasteiger partial charge in [-0.15, -0.1) is 0 Å². The normalized spacial score (nSPS) is 18.0. The number of esters is 1. The minimum absolute atomic E-state index is 0.306. The lowest BCUT2D eigenvalue weighted by atomic mass is 9.78. The minimum atomic E-state index is -0.999. The molecule has 0 bridgehead atoms. The van der Waals surface area contributed by atoms with Gasteiger partial charge in [0.15, 0.2) is 5.60 Å². The zero-order valence-corrected chi connectivity index (χ0v) is 15.4. The fourth-order valence-corrected chi connectivity index (χ4v) is 4.22. The molecule has 0 radical (unpaired) electrons. The molecule has 4 aromatic rings. The van der Waals surface area contributed by atoms with E-state index in [-0.39, 0.29) is 5.97 Å². The number of methoxy groups -OCH3 is 1. The highest BCUT2D eigenvalue weighted by Gasteiger charge is 2.49. The van der Waals surface area contributed by atoms with E-state index in [1.807, 2.05) is 91.0 Å². The van der Waals surface area contributed by atoms with E-state index in [0.29, 0.717) is 5.56 Å². The molecule has 0 unspecified atom stereocenters. The van der Waals surface area contributed by atoms with Crippen molar-refractivity contribution in [3.05, 3.63) is 113 Å². The van der Waals surface area contributed by atoms with Crippen molar-refractivity contribution in [3.8, 4) is 5.75 Å². The molecule has 0 amide bonds. The van der Waals surface area contributed by atoms with Gasteiger partial charge < -0.3 is 9.47 Å². The van der Waals surface area contributed by atoms with Gasteiger partial charge in [0.2, 0.25) is 0 Å². The SMILES string of the molecule is COc1ccc([C@@]2(c3ccccc3)OC(=O)c3ccccc32)c2ccccc12. The summed E-state index contributed by atoms with van der Waals surface area (Å²) in [5.41, 5.74) is 2.31. The van der Waals surface area contributed by atoms with E-state index < -0.39 is 5.60 Å². The van der Waals surface area contributed by atoms with Crippen LogP contribution in [0.1, 0.15) is 27.0 Å². The van der Waals surface area contributed by atoms with Crippen molar-refractivity contribution in [2.75, 3.05) is 7.11 Å². The van der Waals surface area contributed by atoms with Crippen molar-refractivity contribution in [3.63, 3.8) is 0 Å². The molecule has 0 N–H and O–H groups in total. The van der Waals surface area contributed by atoms with Crippen LogP contribution in [0.15, 0.2) is 91.0 Å². The molecule has 28 heavy (non-hydrogen) atoms. The lowest BCUT2D eigenvalue weighted by Crippen LogP contribution is -2.29. The molecule has 0 aromatic heterocycles. The Kier molecular flexibility index (Phi) is 3.69. The van der Waals surface area contributed by atoms with Crippen LogP contribution in [0, 0.1) is 0 Å². The van der Waals surface area contributed by atoms with Gasteiger partial charge >= 0.3 is 5.97 Å². The number of cyclic esters (lactones) is 1. The molecule has 0 spiro atoms. The molecular formula is C25H18O3. The van der Waals surface area contributed by atoms with Crippen LogP contribution in [0.3, 0.4) is 0 Å². The van der Waals surface area contributed by atoms with Crippen LogP contribution < -0.4 is 4.74 Å². The molecule has 5 rings (SSSR count). The summed E-state index contributed by atoms with van der Waals surface area (Å²) >= 11 is 0. The third-order valence-electron chi connectivity index (χ3n) is 5.44. The summed E-state index contributed by atoms with van der Waals surface area (Å²) in [5, 5.41) is 1.98. The average molecular weight is 366 g/mol. The van der Waals surface area contributed by atoms with Crippen LogP contribution in [-0.2, 0) is 10.3 Å². The highest BCUT2D eigenvalue weighted by atomic mass is 16.6. The molecule has 1 aliphatic rings. The first-order valence-corrected chi connectivity index (χ1v) is 9.20. The molecule has 4 aromatic carbocycles. The largest absolute Gasteiger partial charge is 0.496 e. The summed E-state index contributed by atoms with van der Waals surface area (Å²) in [6.07, 6.45) is 0. The highest BCUT2D eigenvalue weighted by molar-refractivity contribution is 5.99. The van der Waals surface area contributed by atoms with Crippen molar-refractivity contribution in [1.82, 2.24) is 0 Å². The smallest absolute Gasteiger partial charge is 0.340 e. The topological polar surface area (TPSA) is 35.5 Å². The van der Waals surface area contributed by atoms with Crippen LogP contribution in [0.5, 0.6) is 5.75 Å². The van der Waals surface area contributed by atoms with Gasteiger partial charge in [0, 0.05) is 22.1 Å². The minimum Gasteiger partial charge on any atom is -0.496 e. The Hall–Kier alpha value is -3.59. The number of carbonyl (C=O) groups is 1. The van der Waals surface area contributed by atoms with Crippen molar-refractivity contribution in [2.45, 2.75) is 5.60 Å². The van der Waals surface area contributed by atoms with E-state index in [1.165, 1.54) is 0 Å². The number of carbonyl (C=O) groups excluding carboxylic acids is 1. The Bertz CT molecular complexity index is 1200. The third kappa shape index (κ3) is 2.20. The molecule has 1 aliphatic heterocycles. The Balaban J connectivity index is 1.92. The standard InChI is InChI=1S/C25H18O3/c1-27-23-16-15-22(18-11-5-6-12-19(18)23)25(17-9-3-2-4-10-17)21-14-8-7-13-20(21)24(26)28-25/h2-16H,1H3/t25-/m0/s1. The van der Waals surface area contributed by atoms with E-state index in [0.717, 1.165) is 33.2 Å². The predicted octanol–water partition coefficient (Wildman–Crippen LogP) is 5.31. The van der Waals surface area contributed by atoms with Crippen molar-refractivity contribution >= 4 is 16.7 Å². The summed E-state index contributed by atoms with van der Waals surface area (Å²) in [6.45, 7) is 0. The van der Waals surface area contributed by atoms with Gasteiger partial charge in [0.1, 0.15) is 5.75 Å². The summed E-state index contributed by atoms with van der Waals surface area (Å²) < 4.78 is 11.8. The Morgan fingerprint density at radius 1 is 0.714 bits per heavy atom. The van der Waals surface area contributed by atoms with Gasteiger partial charge in [0.25, 0.3) is 0 Å². The number of rotatable bonds is 3. The summed E-state index contributed by atoms with van der Waals surface area (Å²) in [6, 6.07) is 29.5. The van der Waals surface area contributed by atoms with Gasteiger partial charge in [0.05, 0.1) is 12.7 Å². The number of fused-ring (bicyclic) bond motifs is 2. The van der Waals surface area contributed by atoms with Crippen LogP contribution in [0.25, 0.3) is 10.8 Å². The summed E-state index contributed by atoms with van der Waals surface area (Å²) in [5.74, 6) is 0.486. The zero-order valence-electron chi connectivity index (χ0n) is 15.4.